The highest BCUT2D eigenvalue weighted by Gasteiger charge is 2.14. The van der Waals surface area contributed by atoms with E-state index in [2.05, 4.69) is 9.72 Å². The van der Waals surface area contributed by atoms with Gasteiger partial charge in [-0.2, -0.15) is 11.3 Å². The lowest BCUT2D eigenvalue weighted by Gasteiger charge is -1.99. The first kappa shape index (κ1) is 9.02. The molecule has 3 nitrogen and oxygen atoms in total. The van der Waals surface area contributed by atoms with Crippen LogP contribution >= 0.6 is 11.3 Å². The molecule has 0 saturated carbocycles. The third-order valence-corrected chi connectivity index (χ3v) is 2.65. The van der Waals surface area contributed by atoms with Crippen LogP contribution < -0.4 is 0 Å². The molecule has 2 heterocycles. The first-order chi connectivity index (χ1) is 6.83. The van der Waals surface area contributed by atoms with Crippen LogP contribution in [0.15, 0.2) is 29.1 Å². The Morgan fingerprint density at radius 2 is 2.36 bits per heavy atom. The summed E-state index contributed by atoms with van der Waals surface area (Å²) >= 11 is 1.60. The van der Waals surface area contributed by atoms with Crippen molar-refractivity contribution in [1.82, 2.24) is 4.98 Å². The first-order valence-corrected chi connectivity index (χ1v) is 5.05. The van der Waals surface area contributed by atoms with Crippen molar-refractivity contribution in [2.75, 3.05) is 7.11 Å². The van der Waals surface area contributed by atoms with Crippen LogP contribution in [0.25, 0.3) is 11.1 Å². The summed E-state index contributed by atoms with van der Waals surface area (Å²) in [6, 6.07) is 3.84. The normalized spacial score (nSPS) is 10.1. The monoisotopic (exact) mass is 207 g/mol. The number of methoxy groups -OCH3 is 1. The molecule has 2 aromatic rings. The van der Waals surface area contributed by atoms with Crippen molar-refractivity contribution < 1.29 is 9.53 Å². The zero-order valence-corrected chi connectivity index (χ0v) is 8.43. The third-order valence-electron chi connectivity index (χ3n) is 1.97. The zero-order valence-electron chi connectivity index (χ0n) is 7.61. The molecule has 72 valence electrons. The van der Waals surface area contributed by atoms with Gasteiger partial charge in [0.1, 0.15) is 5.69 Å². The van der Waals surface area contributed by atoms with Crippen LogP contribution in [-0.4, -0.2) is 18.1 Å². The maximum atomic E-state index is 11.3. The van der Waals surface area contributed by atoms with Gasteiger partial charge in [-0.15, -0.1) is 0 Å². The van der Waals surface area contributed by atoms with Crippen LogP contribution in [0.2, 0.25) is 0 Å². The molecule has 1 N–H and O–H groups in total. The molecule has 14 heavy (non-hydrogen) atoms. The Kier molecular flexibility index (Phi) is 2.37. The van der Waals surface area contributed by atoms with Crippen molar-refractivity contribution in [2.45, 2.75) is 0 Å². The van der Waals surface area contributed by atoms with E-state index in [1.807, 2.05) is 22.9 Å². The molecule has 0 aliphatic heterocycles. The number of hydrogen-bond acceptors (Lipinski definition) is 3. The second-order valence-corrected chi connectivity index (χ2v) is 3.55. The lowest BCUT2D eigenvalue weighted by Crippen LogP contribution is -2.02. The van der Waals surface area contributed by atoms with Gasteiger partial charge in [0.25, 0.3) is 0 Å². The molecule has 0 fully saturated rings. The molecule has 0 saturated heterocycles. The Morgan fingerprint density at radius 3 is 3.00 bits per heavy atom. The van der Waals surface area contributed by atoms with Gasteiger partial charge < -0.3 is 9.72 Å². The van der Waals surface area contributed by atoms with E-state index in [4.69, 9.17) is 0 Å². The Hall–Kier alpha value is -1.55. The minimum Gasteiger partial charge on any atom is -0.464 e. The summed E-state index contributed by atoms with van der Waals surface area (Å²) in [6.45, 7) is 0. The SMILES string of the molecule is COC(=O)c1[nH]ccc1-c1ccsc1. The number of H-pyrrole nitrogens is 1. The topological polar surface area (TPSA) is 42.1 Å². The Balaban J connectivity index is 2.45. The number of thiophene rings is 1. The molecule has 0 aliphatic carbocycles. The van der Waals surface area contributed by atoms with Crippen molar-refractivity contribution in [1.29, 1.82) is 0 Å². The summed E-state index contributed by atoms with van der Waals surface area (Å²) < 4.78 is 4.67. The van der Waals surface area contributed by atoms with E-state index in [0.717, 1.165) is 11.1 Å². The molecule has 0 aromatic carbocycles. The van der Waals surface area contributed by atoms with Gasteiger partial charge in [-0.1, -0.05) is 0 Å². The maximum absolute atomic E-state index is 11.3. The fourth-order valence-electron chi connectivity index (χ4n) is 1.30. The number of carbonyl (C=O) groups excluding carboxylic acids is 1. The molecule has 0 atom stereocenters. The van der Waals surface area contributed by atoms with Crippen LogP contribution in [0.1, 0.15) is 10.5 Å². The Morgan fingerprint density at radius 1 is 1.50 bits per heavy atom. The molecule has 0 radical (unpaired) electrons. The highest BCUT2D eigenvalue weighted by molar-refractivity contribution is 7.08. The fourth-order valence-corrected chi connectivity index (χ4v) is 1.95. The van der Waals surface area contributed by atoms with Gasteiger partial charge in [0.15, 0.2) is 0 Å². The van der Waals surface area contributed by atoms with E-state index in [1.165, 1.54) is 7.11 Å². The Bertz CT molecular complexity index is 431. The zero-order chi connectivity index (χ0) is 9.97. The van der Waals surface area contributed by atoms with Gasteiger partial charge in [0.05, 0.1) is 7.11 Å². The average Bonchev–Trinajstić information content (AvgIpc) is 2.85. The largest absolute Gasteiger partial charge is 0.464 e. The smallest absolute Gasteiger partial charge is 0.355 e. The van der Waals surface area contributed by atoms with E-state index in [0.29, 0.717) is 5.69 Å². The number of rotatable bonds is 2. The van der Waals surface area contributed by atoms with Gasteiger partial charge in [0.2, 0.25) is 0 Å². The second kappa shape index (κ2) is 3.67. The maximum Gasteiger partial charge on any atom is 0.355 e. The quantitative estimate of drug-likeness (QED) is 0.769. The number of hydrogen-bond donors (Lipinski definition) is 1. The van der Waals surface area contributed by atoms with Crippen molar-refractivity contribution >= 4 is 17.3 Å². The molecular weight excluding hydrogens is 198 g/mol. The fraction of sp³-hybridized carbons (Fsp3) is 0.100. The Labute approximate surface area is 85.3 Å². The van der Waals surface area contributed by atoms with E-state index >= 15 is 0 Å². The second-order valence-electron chi connectivity index (χ2n) is 2.77. The van der Waals surface area contributed by atoms with Crippen molar-refractivity contribution in [3.05, 3.63) is 34.8 Å². The number of ether oxygens (including phenoxy) is 1. The lowest BCUT2D eigenvalue weighted by molar-refractivity contribution is 0.0596. The van der Waals surface area contributed by atoms with E-state index < -0.39 is 0 Å². The molecule has 4 heteroatoms. The van der Waals surface area contributed by atoms with Crippen LogP contribution in [0.5, 0.6) is 0 Å². The minimum absolute atomic E-state index is 0.337. The van der Waals surface area contributed by atoms with Crippen LogP contribution in [0, 0.1) is 0 Å². The summed E-state index contributed by atoms with van der Waals surface area (Å²) in [5, 5.41) is 3.97. The van der Waals surface area contributed by atoms with Crippen LogP contribution in [0.3, 0.4) is 0 Å². The molecule has 0 amide bonds. The van der Waals surface area contributed by atoms with Crippen molar-refractivity contribution in [2.24, 2.45) is 0 Å². The van der Waals surface area contributed by atoms with Gasteiger partial charge >= 0.3 is 5.97 Å². The molecule has 0 aliphatic rings. The molecular formula is C10H9NO2S. The summed E-state index contributed by atoms with van der Waals surface area (Å²) in [5.74, 6) is -0.337. The number of nitrogens with one attached hydrogen (secondary N) is 1. The standard InChI is InChI=1S/C10H9NO2S/c1-13-10(12)9-8(2-4-11-9)7-3-5-14-6-7/h2-6,11H,1H3. The summed E-state index contributed by atoms with van der Waals surface area (Å²) in [7, 11) is 1.38. The van der Waals surface area contributed by atoms with Gasteiger partial charge in [-0.05, 0) is 28.5 Å². The average molecular weight is 207 g/mol. The molecule has 0 spiro atoms. The molecule has 2 aromatic heterocycles. The van der Waals surface area contributed by atoms with Crippen molar-refractivity contribution in [3.63, 3.8) is 0 Å². The van der Waals surface area contributed by atoms with Gasteiger partial charge in [-0.25, -0.2) is 4.79 Å². The number of aromatic amines is 1. The highest BCUT2D eigenvalue weighted by atomic mass is 32.1. The highest BCUT2D eigenvalue weighted by Crippen LogP contribution is 2.25. The predicted octanol–water partition coefficient (Wildman–Crippen LogP) is 2.53. The van der Waals surface area contributed by atoms with E-state index in [9.17, 15) is 4.79 Å². The summed E-state index contributed by atoms with van der Waals surface area (Å²) in [4.78, 5) is 14.2. The van der Waals surface area contributed by atoms with Crippen LogP contribution in [-0.2, 0) is 4.74 Å². The predicted molar refractivity (Wildman–Crippen MR) is 55.4 cm³/mol. The first-order valence-electron chi connectivity index (χ1n) is 4.11. The van der Waals surface area contributed by atoms with E-state index in [-0.39, 0.29) is 5.97 Å². The van der Waals surface area contributed by atoms with Gasteiger partial charge in [0, 0.05) is 11.8 Å². The minimum atomic E-state index is -0.337. The van der Waals surface area contributed by atoms with Crippen molar-refractivity contribution in [3.8, 4) is 11.1 Å². The number of aromatic nitrogens is 1. The number of carbonyl (C=O) groups is 1. The third kappa shape index (κ3) is 1.44. The van der Waals surface area contributed by atoms with E-state index in [1.54, 1.807) is 17.5 Å². The molecule has 0 bridgehead atoms. The summed E-state index contributed by atoms with van der Waals surface area (Å²) in [5.41, 5.74) is 2.43. The molecule has 2 rings (SSSR count). The number of esters is 1. The van der Waals surface area contributed by atoms with Crippen LogP contribution in [0.4, 0.5) is 0 Å². The summed E-state index contributed by atoms with van der Waals surface area (Å²) in [6.07, 6.45) is 1.74. The van der Waals surface area contributed by atoms with Gasteiger partial charge in [-0.3, -0.25) is 0 Å². The lowest BCUT2D eigenvalue weighted by atomic mass is 10.1. The molecule has 0 unspecified atom stereocenters.